The number of alkyl halides is 1. The van der Waals surface area contributed by atoms with E-state index in [1.165, 1.54) is 12.8 Å². The Morgan fingerprint density at radius 2 is 1.85 bits per heavy atom. The van der Waals surface area contributed by atoms with Crippen LogP contribution in [0.3, 0.4) is 0 Å². The van der Waals surface area contributed by atoms with Crippen LogP contribution in [0.15, 0.2) is 18.2 Å². The van der Waals surface area contributed by atoms with Gasteiger partial charge in [-0.25, -0.2) is 0 Å². The molecule has 1 aliphatic carbocycles. The molecule has 1 aromatic carbocycles. The van der Waals surface area contributed by atoms with Gasteiger partial charge < -0.3 is 24.4 Å². The third kappa shape index (κ3) is 8.66. The number of nitrogens with one attached hydrogen (secondary N) is 1. The lowest BCUT2D eigenvalue weighted by atomic mass is 10.0. The lowest BCUT2D eigenvalue weighted by molar-refractivity contribution is -0.139. The van der Waals surface area contributed by atoms with Gasteiger partial charge in [0, 0.05) is 25.8 Å². The number of amides is 2. The zero-order valence-electron chi connectivity index (χ0n) is 21.1. The molecular weight excluding hydrogens is 456 g/mol. The molecule has 0 radical (unpaired) electrons. The van der Waals surface area contributed by atoms with Crippen LogP contribution in [0.1, 0.15) is 77.3 Å². The number of nitrogens with zero attached hydrogens (tertiary/aromatic N) is 1. The Morgan fingerprint density at radius 1 is 1.15 bits per heavy atom. The van der Waals surface area contributed by atoms with Gasteiger partial charge in [0.2, 0.25) is 11.8 Å². The van der Waals surface area contributed by atoms with E-state index in [2.05, 4.69) is 5.32 Å². The van der Waals surface area contributed by atoms with Crippen molar-refractivity contribution in [1.82, 2.24) is 10.2 Å². The van der Waals surface area contributed by atoms with Gasteiger partial charge in [-0.3, -0.25) is 9.59 Å². The summed E-state index contributed by atoms with van der Waals surface area (Å²) in [7, 11) is 1.57. The van der Waals surface area contributed by atoms with Gasteiger partial charge in [0.1, 0.15) is 11.9 Å². The van der Waals surface area contributed by atoms with Gasteiger partial charge in [0.05, 0.1) is 13.2 Å². The van der Waals surface area contributed by atoms with Gasteiger partial charge >= 0.3 is 0 Å². The number of halogens is 1. The Bertz CT molecular complexity index is 766. The van der Waals surface area contributed by atoms with Gasteiger partial charge in [0.25, 0.3) is 0 Å². The molecule has 7 nitrogen and oxygen atoms in total. The van der Waals surface area contributed by atoms with E-state index in [4.69, 9.17) is 25.8 Å². The average Bonchev–Trinajstić information content (AvgIpc) is 3.09. The summed E-state index contributed by atoms with van der Waals surface area (Å²) in [6.45, 7) is 7.28. The highest BCUT2D eigenvalue weighted by molar-refractivity contribution is 6.27. The van der Waals surface area contributed by atoms with Crippen molar-refractivity contribution in [3.63, 3.8) is 0 Å². The Hall–Kier alpha value is -1.99. The number of ether oxygens (including phenoxy) is 3. The zero-order valence-corrected chi connectivity index (χ0v) is 21.9. The molecule has 1 saturated carbocycles. The fraction of sp³-hybridized carbons (Fsp3) is 0.692. The van der Waals surface area contributed by atoms with Crippen molar-refractivity contribution in [2.24, 2.45) is 0 Å². The minimum absolute atomic E-state index is 0.0260. The molecule has 8 heteroatoms. The van der Waals surface area contributed by atoms with Crippen LogP contribution in [0.25, 0.3) is 0 Å². The van der Waals surface area contributed by atoms with Crippen LogP contribution >= 0.6 is 11.6 Å². The third-order valence-corrected chi connectivity index (χ3v) is 6.18. The van der Waals surface area contributed by atoms with E-state index in [1.807, 2.05) is 26.8 Å². The second-order valence-electron chi connectivity index (χ2n) is 8.95. The fourth-order valence-corrected chi connectivity index (χ4v) is 4.49. The van der Waals surface area contributed by atoms with Crippen molar-refractivity contribution in [2.75, 3.05) is 32.7 Å². The number of rotatable bonds is 13. The van der Waals surface area contributed by atoms with Gasteiger partial charge in [-0.05, 0) is 57.7 Å². The van der Waals surface area contributed by atoms with Crippen LogP contribution in [0.4, 0.5) is 0 Å². The summed E-state index contributed by atoms with van der Waals surface area (Å²) in [5, 5.41) is 3.22. The van der Waals surface area contributed by atoms with Crippen molar-refractivity contribution >= 4 is 23.4 Å². The van der Waals surface area contributed by atoms with Crippen molar-refractivity contribution in [1.29, 1.82) is 0 Å². The molecule has 0 aliphatic heterocycles. The predicted molar refractivity (Wildman–Crippen MR) is 135 cm³/mol. The maximum absolute atomic E-state index is 13.7. The molecule has 0 unspecified atom stereocenters. The molecule has 1 aliphatic rings. The van der Waals surface area contributed by atoms with E-state index in [-0.39, 0.29) is 29.8 Å². The van der Waals surface area contributed by atoms with E-state index in [0.29, 0.717) is 43.2 Å². The lowest BCUT2D eigenvalue weighted by Crippen LogP contribution is -2.47. The molecule has 0 spiro atoms. The fourth-order valence-electron chi connectivity index (χ4n) is 4.34. The van der Waals surface area contributed by atoms with E-state index < -0.39 is 6.04 Å². The highest BCUT2D eigenvalue weighted by Gasteiger charge is 2.33. The first-order valence-electron chi connectivity index (χ1n) is 12.5. The standard InChI is InChI=1S/C26H41ClN2O5/c1-5-33-16-10-15-29(24(30)18-27)25(26(31)28-21-11-8-6-7-9-12-21)20-13-14-22(34-19(2)3)23(17-20)32-4/h13-14,17,19,21,25H,5-12,15-16,18H2,1-4H3,(H,28,31)/t25-/m1/s1. The Kier molecular flexibility index (Phi) is 12.5. The summed E-state index contributed by atoms with van der Waals surface area (Å²) >= 11 is 5.98. The molecule has 1 atom stereocenters. The van der Waals surface area contributed by atoms with Gasteiger partial charge in [-0.2, -0.15) is 0 Å². The summed E-state index contributed by atoms with van der Waals surface area (Å²) in [6, 6.07) is 4.70. The smallest absolute Gasteiger partial charge is 0.247 e. The summed E-state index contributed by atoms with van der Waals surface area (Å²) in [5.41, 5.74) is 0.661. The molecule has 1 aromatic rings. The Morgan fingerprint density at radius 3 is 2.44 bits per heavy atom. The maximum atomic E-state index is 13.7. The molecule has 0 bridgehead atoms. The SMILES string of the molecule is CCOCCCN(C(=O)CCl)[C@@H](C(=O)NC1CCCCCC1)c1ccc(OC(C)C)c(OC)c1. The van der Waals surface area contributed by atoms with E-state index in [9.17, 15) is 9.59 Å². The summed E-state index contributed by atoms with van der Waals surface area (Å²) < 4.78 is 16.9. The number of methoxy groups -OCH3 is 1. The third-order valence-electron chi connectivity index (χ3n) is 5.95. The van der Waals surface area contributed by atoms with Gasteiger partial charge in [-0.15, -0.1) is 11.6 Å². The summed E-state index contributed by atoms with van der Waals surface area (Å²) in [4.78, 5) is 28.2. The number of carbonyl (C=O) groups is 2. The molecule has 0 heterocycles. The molecule has 0 saturated heterocycles. The number of carbonyl (C=O) groups excluding carboxylic acids is 2. The van der Waals surface area contributed by atoms with E-state index in [0.717, 1.165) is 25.7 Å². The molecule has 192 valence electrons. The second-order valence-corrected chi connectivity index (χ2v) is 9.22. The number of benzene rings is 1. The first kappa shape index (κ1) is 28.2. The van der Waals surface area contributed by atoms with Crippen LogP contribution in [-0.4, -0.2) is 61.6 Å². The topological polar surface area (TPSA) is 77.1 Å². The van der Waals surface area contributed by atoms with Crippen LogP contribution in [0, 0.1) is 0 Å². The van der Waals surface area contributed by atoms with Crippen molar-refractivity contribution < 1.29 is 23.8 Å². The summed E-state index contributed by atoms with van der Waals surface area (Å²) in [5.74, 6) is 0.428. The van der Waals surface area contributed by atoms with Crippen molar-refractivity contribution in [3.05, 3.63) is 23.8 Å². The quantitative estimate of drug-likeness (QED) is 0.240. The maximum Gasteiger partial charge on any atom is 0.247 e. The van der Waals surface area contributed by atoms with Crippen LogP contribution in [-0.2, 0) is 14.3 Å². The normalized spacial score (nSPS) is 15.5. The van der Waals surface area contributed by atoms with Gasteiger partial charge in [-0.1, -0.05) is 31.7 Å². The highest BCUT2D eigenvalue weighted by Crippen LogP contribution is 2.33. The molecular formula is C26H41ClN2O5. The van der Waals surface area contributed by atoms with Crippen molar-refractivity contribution in [2.45, 2.75) is 83.9 Å². The predicted octanol–water partition coefficient (Wildman–Crippen LogP) is 4.86. The summed E-state index contributed by atoms with van der Waals surface area (Å²) in [6.07, 6.45) is 7.08. The monoisotopic (exact) mass is 496 g/mol. The molecule has 2 amide bonds. The highest BCUT2D eigenvalue weighted by atomic mass is 35.5. The van der Waals surface area contributed by atoms with Crippen LogP contribution < -0.4 is 14.8 Å². The molecule has 0 aromatic heterocycles. The first-order chi connectivity index (χ1) is 16.4. The molecule has 2 rings (SSSR count). The van der Waals surface area contributed by atoms with E-state index in [1.54, 1.807) is 24.1 Å². The lowest BCUT2D eigenvalue weighted by Gasteiger charge is -2.32. The minimum Gasteiger partial charge on any atom is -0.493 e. The minimum atomic E-state index is -0.821. The molecule has 1 fully saturated rings. The Balaban J connectivity index is 2.39. The second kappa shape index (κ2) is 15.1. The zero-order chi connectivity index (χ0) is 24.9. The van der Waals surface area contributed by atoms with Crippen LogP contribution in [0.5, 0.6) is 11.5 Å². The van der Waals surface area contributed by atoms with Crippen molar-refractivity contribution in [3.8, 4) is 11.5 Å². The molecule has 1 N–H and O–H groups in total. The van der Waals surface area contributed by atoms with E-state index >= 15 is 0 Å². The number of hydrogen-bond donors (Lipinski definition) is 1. The number of hydrogen-bond acceptors (Lipinski definition) is 5. The largest absolute Gasteiger partial charge is 0.493 e. The molecule has 34 heavy (non-hydrogen) atoms. The first-order valence-corrected chi connectivity index (χ1v) is 13.0. The van der Waals surface area contributed by atoms with Crippen LogP contribution in [0.2, 0.25) is 0 Å². The Labute approximate surface area is 209 Å². The van der Waals surface area contributed by atoms with Gasteiger partial charge in [0.15, 0.2) is 11.5 Å². The average molecular weight is 497 g/mol.